The van der Waals surface area contributed by atoms with E-state index >= 15 is 0 Å². The number of nitrogens with one attached hydrogen (secondary N) is 1. The molecule has 0 unspecified atom stereocenters. The van der Waals surface area contributed by atoms with Crippen LogP contribution in [0.2, 0.25) is 0 Å². The Morgan fingerprint density at radius 3 is 2.60 bits per heavy atom. The third kappa shape index (κ3) is 3.61. The molecular formula is C16H20N6O3. The number of anilines is 3. The van der Waals surface area contributed by atoms with E-state index in [-0.39, 0.29) is 11.5 Å². The van der Waals surface area contributed by atoms with Crippen LogP contribution in [0.3, 0.4) is 0 Å². The van der Waals surface area contributed by atoms with Crippen LogP contribution in [-0.2, 0) is 0 Å². The van der Waals surface area contributed by atoms with Crippen molar-refractivity contribution in [3.63, 3.8) is 0 Å². The molecule has 132 valence electrons. The zero-order valence-electron chi connectivity index (χ0n) is 14.2. The van der Waals surface area contributed by atoms with Crippen molar-refractivity contribution < 1.29 is 9.66 Å². The Morgan fingerprint density at radius 1 is 1.20 bits per heavy atom. The van der Waals surface area contributed by atoms with Crippen LogP contribution < -0.4 is 15.0 Å². The minimum absolute atomic E-state index is 0.127. The second kappa shape index (κ2) is 7.31. The molecule has 0 spiro atoms. The number of rotatable bonds is 5. The lowest BCUT2D eigenvalue weighted by atomic mass is 10.2. The number of para-hydroxylation sites is 2. The third-order valence-electron chi connectivity index (χ3n) is 4.15. The molecule has 1 aromatic heterocycles. The first-order chi connectivity index (χ1) is 12.1. The highest BCUT2D eigenvalue weighted by atomic mass is 16.6. The first kappa shape index (κ1) is 16.9. The number of benzene rings is 1. The minimum atomic E-state index is -0.439. The van der Waals surface area contributed by atoms with Gasteiger partial charge in [-0.2, -0.15) is 0 Å². The maximum Gasteiger partial charge on any atom is 0.353 e. The number of likely N-dealkylation sites (N-methyl/N-ethyl adjacent to an activating group) is 1. The molecule has 0 amide bonds. The van der Waals surface area contributed by atoms with Crippen molar-refractivity contribution in [2.75, 3.05) is 50.6 Å². The van der Waals surface area contributed by atoms with E-state index in [1.165, 1.54) is 6.33 Å². The minimum Gasteiger partial charge on any atom is -0.495 e. The number of aromatic nitrogens is 2. The average Bonchev–Trinajstić information content (AvgIpc) is 2.62. The monoisotopic (exact) mass is 344 g/mol. The van der Waals surface area contributed by atoms with Crippen molar-refractivity contribution in [1.82, 2.24) is 14.9 Å². The van der Waals surface area contributed by atoms with Gasteiger partial charge in [-0.15, -0.1) is 0 Å². The lowest BCUT2D eigenvalue weighted by molar-refractivity contribution is -0.383. The topological polar surface area (TPSA) is 96.7 Å². The van der Waals surface area contributed by atoms with Gasteiger partial charge in [0.15, 0.2) is 0 Å². The summed E-state index contributed by atoms with van der Waals surface area (Å²) in [7, 11) is 3.57. The van der Waals surface area contributed by atoms with Gasteiger partial charge in [0.05, 0.1) is 17.7 Å². The Hall–Kier alpha value is -2.94. The number of hydrogen-bond acceptors (Lipinski definition) is 8. The van der Waals surface area contributed by atoms with Gasteiger partial charge in [-0.1, -0.05) is 12.1 Å². The molecule has 3 rings (SSSR count). The van der Waals surface area contributed by atoms with E-state index in [9.17, 15) is 10.1 Å². The SMILES string of the molecule is COc1ccccc1Nc1ncnc(N2CCN(C)CC2)c1[N+](=O)[O-]. The van der Waals surface area contributed by atoms with Crippen LogP contribution in [0.5, 0.6) is 5.75 Å². The summed E-state index contributed by atoms with van der Waals surface area (Å²) in [4.78, 5) is 23.6. The van der Waals surface area contributed by atoms with Crippen LogP contribution in [0.25, 0.3) is 0 Å². The van der Waals surface area contributed by atoms with Crippen molar-refractivity contribution >= 4 is 23.0 Å². The highest BCUT2D eigenvalue weighted by Crippen LogP contribution is 2.35. The van der Waals surface area contributed by atoms with Gasteiger partial charge in [-0.25, -0.2) is 9.97 Å². The molecule has 0 bridgehead atoms. The van der Waals surface area contributed by atoms with Gasteiger partial charge >= 0.3 is 5.69 Å². The number of methoxy groups -OCH3 is 1. The Morgan fingerprint density at radius 2 is 1.92 bits per heavy atom. The van der Waals surface area contributed by atoms with E-state index in [0.29, 0.717) is 30.3 Å². The molecule has 1 aliphatic heterocycles. The maximum absolute atomic E-state index is 11.7. The number of hydrogen-bond donors (Lipinski definition) is 1. The first-order valence-electron chi connectivity index (χ1n) is 7.93. The van der Waals surface area contributed by atoms with E-state index in [4.69, 9.17) is 4.74 Å². The fourth-order valence-corrected chi connectivity index (χ4v) is 2.75. The number of nitrogens with zero attached hydrogens (tertiary/aromatic N) is 5. The van der Waals surface area contributed by atoms with Crippen molar-refractivity contribution in [3.05, 3.63) is 40.7 Å². The quantitative estimate of drug-likeness (QED) is 0.649. The van der Waals surface area contributed by atoms with Crippen LogP contribution in [-0.4, -0.2) is 60.1 Å². The van der Waals surface area contributed by atoms with E-state index in [2.05, 4.69) is 20.2 Å². The van der Waals surface area contributed by atoms with Gasteiger partial charge in [0.2, 0.25) is 11.6 Å². The molecule has 9 heteroatoms. The third-order valence-corrected chi connectivity index (χ3v) is 4.15. The zero-order chi connectivity index (χ0) is 17.8. The highest BCUT2D eigenvalue weighted by molar-refractivity contribution is 5.76. The van der Waals surface area contributed by atoms with E-state index < -0.39 is 4.92 Å². The van der Waals surface area contributed by atoms with Crippen LogP contribution in [0.4, 0.5) is 23.0 Å². The smallest absolute Gasteiger partial charge is 0.353 e. The largest absolute Gasteiger partial charge is 0.495 e. The summed E-state index contributed by atoms with van der Waals surface area (Å²) >= 11 is 0. The average molecular weight is 344 g/mol. The molecule has 25 heavy (non-hydrogen) atoms. The summed E-state index contributed by atoms with van der Waals surface area (Å²) in [5.41, 5.74) is 0.481. The molecule has 1 aliphatic rings. The highest BCUT2D eigenvalue weighted by Gasteiger charge is 2.29. The fraction of sp³-hybridized carbons (Fsp3) is 0.375. The molecule has 0 aliphatic carbocycles. The summed E-state index contributed by atoms with van der Waals surface area (Å²) in [5.74, 6) is 1.07. The summed E-state index contributed by atoms with van der Waals surface area (Å²) < 4.78 is 5.28. The predicted molar refractivity (Wildman–Crippen MR) is 94.7 cm³/mol. The Balaban J connectivity index is 1.97. The summed E-state index contributed by atoms with van der Waals surface area (Å²) in [6.45, 7) is 3.03. The molecule has 2 aromatic rings. The van der Waals surface area contributed by atoms with Crippen molar-refractivity contribution in [2.45, 2.75) is 0 Å². The summed E-state index contributed by atoms with van der Waals surface area (Å²) in [6.07, 6.45) is 1.35. The molecule has 2 heterocycles. The standard InChI is InChI=1S/C16H20N6O3/c1-20-7-9-21(10-8-20)16-14(22(23)24)15(17-11-18-16)19-12-5-3-4-6-13(12)25-2/h3-6,11H,7-10H2,1-2H3,(H,17,18,19). The lowest BCUT2D eigenvalue weighted by Gasteiger charge is -2.32. The van der Waals surface area contributed by atoms with Gasteiger partial charge in [-0.05, 0) is 19.2 Å². The van der Waals surface area contributed by atoms with Gasteiger partial charge in [0.25, 0.3) is 0 Å². The molecule has 1 aromatic carbocycles. The van der Waals surface area contributed by atoms with E-state index in [0.717, 1.165) is 13.1 Å². The van der Waals surface area contributed by atoms with Crippen LogP contribution in [0.15, 0.2) is 30.6 Å². The number of ether oxygens (including phenoxy) is 1. The van der Waals surface area contributed by atoms with Crippen LogP contribution in [0.1, 0.15) is 0 Å². The fourth-order valence-electron chi connectivity index (χ4n) is 2.75. The number of nitro groups is 1. The normalized spacial score (nSPS) is 15.0. The molecule has 0 radical (unpaired) electrons. The summed E-state index contributed by atoms with van der Waals surface area (Å²) in [5, 5.41) is 14.7. The molecule has 0 atom stereocenters. The van der Waals surface area contributed by atoms with Gasteiger partial charge < -0.3 is 19.9 Å². The second-order valence-corrected chi connectivity index (χ2v) is 5.77. The zero-order valence-corrected chi connectivity index (χ0v) is 14.2. The predicted octanol–water partition coefficient (Wildman–Crippen LogP) is 1.89. The number of piperazine rings is 1. The molecule has 9 nitrogen and oxygen atoms in total. The Bertz CT molecular complexity index is 761. The van der Waals surface area contributed by atoms with Gasteiger partial charge in [-0.3, -0.25) is 10.1 Å². The second-order valence-electron chi connectivity index (χ2n) is 5.77. The summed E-state index contributed by atoms with van der Waals surface area (Å²) in [6, 6.07) is 7.20. The first-order valence-corrected chi connectivity index (χ1v) is 7.93. The lowest BCUT2D eigenvalue weighted by Crippen LogP contribution is -2.45. The van der Waals surface area contributed by atoms with E-state index in [1.807, 2.05) is 24.1 Å². The van der Waals surface area contributed by atoms with E-state index in [1.54, 1.807) is 19.2 Å². The van der Waals surface area contributed by atoms with Gasteiger partial charge in [0, 0.05) is 26.2 Å². The molecular weight excluding hydrogens is 324 g/mol. The molecule has 1 N–H and O–H groups in total. The van der Waals surface area contributed by atoms with Crippen LogP contribution >= 0.6 is 0 Å². The van der Waals surface area contributed by atoms with Crippen molar-refractivity contribution in [1.29, 1.82) is 0 Å². The maximum atomic E-state index is 11.7. The Kier molecular flexibility index (Phi) is 4.94. The van der Waals surface area contributed by atoms with Crippen LogP contribution in [0, 0.1) is 10.1 Å². The Labute approximate surface area is 145 Å². The molecule has 1 saturated heterocycles. The molecule has 0 saturated carbocycles. The van der Waals surface area contributed by atoms with Gasteiger partial charge in [0.1, 0.15) is 12.1 Å². The van der Waals surface area contributed by atoms with Crippen molar-refractivity contribution in [2.24, 2.45) is 0 Å². The van der Waals surface area contributed by atoms with Crippen molar-refractivity contribution in [3.8, 4) is 5.75 Å². The molecule has 1 fully saturated rings.